The van der Waals surface area contributed by atoms with Gasteiger partial charge in [0, 0.05) is 17.1 Å². The molecule has 2 aliphatic heterocycles. The predicted octanol–water partition coefficient (Wildman–Crippen LogP) is 16.8. The fraction of sp³-hybridized carbons (Fsp3) is 0.0250. The molecule has 0 atom stereocenters. The lowest BCUT2D eigenvalue weighted by Gasteiger charge is -2.33. The van der Waals surface area contributed by atoms with Crippen LogP contribution in [0.1, 0.15) is 44.5 Å². The molecular formula is C80H49NSi. The number of hydrogen-bond acceptors (Lipinski definition) is 1. The second-order valence-corrected chi connectivity index (χ2v) is 26.9. The van der Waals surface area contributed by atoms with Gasteiger partial charge in [-0.05, 0) is 180 Å². The van der Waals surface area contributed by atoms with Crippen LogP contribution in [0.3, 0.4) is 0 Å². The standard InChI is InChI=1S/C80H49NSi/c1-10-28-67-55(19-1)56-20-2-11-29-68(56)79(67)71-32-14-5-23-59(71)61-45-42-53(48-73(61)79)81(54-43-46-62-60-24-6-15-33-72(60)80(74(62)49-54)69-30-12-3-21-57(69)58-22-4-13-31-70(58)80)52-40-37-50(38-41-52)51-39-44-66-65-27-9-18-36-77(65)82(78(66)47-51)75-34-16-7-25-63(75)64-26-8-17-35-76(64)82/h1-49H. The van der Waals surface area contributed by atoms with Gasteiger partial charge in [0.2, 0.25) is 0 Å². The molecule has 4 aliphatic carbocycles. The Bertz CT molecular complexity index is 4580. The van der Waals surface area contributed by atoms with Crippen LogP contribution in [0.15, 0.2) is 297 Å². The fourth-order valence-corrected chi connectivity index (χ4v) is 22.6. The van der Waals surface area contributed by atoms with E-state index >= 15 is 0 Å². The molecule has 1 nitrogen and oxygen atoms in total. The molecule has 0 bridgehead atoms. The molecule has 0 N–H and O–H groups in total. The van der Waals surface area contributed by atoms with E-state index in [4.69, 9.17) is 0 Å². The van der Waals surface area contributed by atoms with Gasteiger partial charge in [-0.3, -0.25) is 0 Å². The zero-order valence-corrected chi connectivity index (χ0v) is 45.7. The third-order valence-electron chi connectivity index (χ3n) is 19.9. The molecule has 0 amide bonds. The number of hydrogen-bond donors (Lipinski definition) is 0. The lowest BCUT2D eigenvalue weighted by atomic mass is 9.70. The van der Waals surface area contributed by atoms with Gasteiger partial charge in [-0.15, -0.1) is 0 Å². The number of fused-ring (bicyclic) bond motifs is 30. The van der Waals surface area contributed by atoms with Crippen molar-refractivity contribution in [2.45, 2.75) is 10.8 Å². The highest BCUT2D eigenvalue weighted by molar-refractivity contribution is 7.24. The Morgan fingerprint density at radius 3 is 0.829 bits per heavy atom. The van der Waals surface area contributed by atoms with Crippen molar-refractivity contribution in [3.05, 3.63) is 342 Å². The smallest absolute Gasteiger partial charge is 0.182 e. The molecule has 2 heterocycles. The van der Waals surface area contributed by atoms with Crippen LogP contribution in [0, 0.1) is 0 Å². The summed E-state index contributed by atoms with van der Waals surface area (Å²) in [5.41, 5.74) is 31.5. The summed E-state index contributed by atoms with van der Waals surface area (Å²) in [7, 11) is -2.62. The second kappa shape index (κ2) is 16.0. The lowest BCUT2D eigenvalue weighted by Crippen LogP contribution is -2.70. The molecule has 3 spiro atoms. The molecule has 0 unspecified atom stereocenters. The Morgan fingerprint density at radius 2 is 0.463 bits per heavy atom. The quantitative estimate of drug-likeness (QED) is 0.159. The van der Waals surface area contributed by atoms with E-state index in [9.17, 15) is 0 Å². The molecule has 82 heavy (non-hydrogen) atoms. The Kier molecular flexibility index (Phi) is 8.74. The maximum atomic E-state index is 2.57. The molecule has 2 heteroatoms. The minimum absolute atomic E-state index is 0.486. The molecule has 0 fully saturated rings. The highest BCUT2D eigenvalue weighted by atomic mass is 28.3. The van der Waals surface area contributed by atoms with Gasteiger partial charge in [-0.1, -0.05) is 261 Å². The van der Waals surface area contributed by atoms with Crippen LogP contribution in [0.5, 0.6) is 0 Å². The van der Waals surface area contributed by atoms with E-state index in [1.807, 2.05) is 0 Å². The van der Waals surface area contributed by atoms with E-state index in [1.165, 1.54) is 143 Å². The first-order valence-corrected chi connectivity index (χ1v) is 30.9. The lowest BCUT2D eigenvalue weighted by molar-refractivity contribution is 0.792. The average Bonchev–Trinajstić information content (AvgIpc) is 1.65. The van der Waals surface area contributed by atoms with Crippen LogP contribution in [-0.4, -0.2) is 8.07 Å². The Balaban J connectivity index is 0.828. The van der Waals surface area contributed by atoms with Crippen molar-refractivity contribution >= 4 is 45.9 Å². The van der Waals surface area contributed by atoms with E-state index < -0.39 is 18.9 Å². The Hall–Kier alpha value is -10.1. The van der Waals surface area contributed by atoms with Crippen molar-refractivity contribution in [3.8, 4) is 77.9 Å². The van der Waals surface area contributed by atoms with Gasteiger partial charge in [0.25, 0.3) is 0 Å². The van der Waals surface area contributed by atoms with Crippen LogP contribution in [0.2, 0.25) is 0 Å². The summed E-state index contributed by atoms with van der Waals surface area (Å²) in [6, 6.07) is 114. The second-order valence-electron chi connectivity index (χ2n) is 23.3. The first-order valence-electron chi connectivity index (χ1n) is 28.9. The van der Waals surface area contributed by atoms with Gasteiger partial charge < -0.3 is 4.90 Å². The van der Waals surface area contributed by atoms with Crippen LogP contribution in [-0.2, 0) is 10.8 Å². The van der Waals surface area contributed by atoms with Crippen LogP contribution in [0.25, 0.3) is 77.9 Å². The largest absolute Gasteiger partial charge is 0.310 e. The molecule has 378 valence electrons. The van der Waals surface area contributed by atoms with Gasteiger partial charge in [0.1, 0.15) is 0 Å². The molecule has 0 saturated carbocycles. The number of nitrogens with zero attached hydrogens (tertiary/aromatic N) is 1. The highest BCUT2D eigenvalue weighted by Crippen LogP contribution is 2.65. The van der Waals surface area contributed by atoms with Crippen molar-refractivity contribution in [3.63, 3.8) is 0 Å². The minimum Gasteiger partial charge on any atom is -0.310 e. The Labute approximate surface area is 478 Å². The summed E-state index contributed by atoms with van der Waals surface area (Å²) in [4.78, 5) is 2.55. The fourth-order valence-electron chi connectivity index (χ4n) is 17.0. The summed E-state index contributed by atoms with van der Waals surface area (Å²) < 4.78 is 0. The number of anilines is 3. The van der Waals surface area contributed by atoms with Crippen LogP contribution >= 0.6 is 0 Å². The van der Waals surface area contributed by atoms with E-state index in [1.54, 1.807) is 0 Å². The molecule has 13 aromatic rings. The molecule has 0 saturated heterocycles. The maximum Gasteiger partial charge on any atom is 0.182 e. The molecule has 6 aliphatic rings. The van der Waals surface area contributed by atoms with Crippen molar-refractivity contribution in [1.82, 2.24) is 0 Å². The molecule has 19 rings (SSSR count). The van der Waals surface area contributed by atoms with Crippen molar-refractivity contribution in [2.75, 3.05) is 4.90 Å². The van der Waals surface area contributed by atoms with Crippen LogP contribution < -0.4 is 25.6 Å². The summed E-state index contributed by atoms with van der Waals surface area (Å²) in [5, 5.41) is 5.98. The number of rotatable bonds is 4. The normalized spacial score (nSPS) is 14.9. The average molecular weight is 1050 g/mol. The molecule has 13 aromatic carbocycles. The number of benzene rings is 13. The Morgan fingerprint density at radius 1 is 0.195 bits per heavy atom. The SMILES string of the molecule is c1ccc2c(c1)-c1ccccc1C21c2ccccc2-c2ccc(N(c3ccc(-c4ccc5c(c4)[Si]4(c6ccccc6-c6ccccc64)c4ccccc4-5)cc3)c3ccc4c(c3)C3(c5ccccc5-c5ccccc53)c3ccccc3-4)cc21. The minimum atomic E-state index is -2.62. The molecule has 0 aromatic heterocycles. The zero-order valence-electron chi connectivity index (χ0n) is 44.7. The van der Waals surface area contributed by atoms with E-state index in [0.717, 1.165) is 17.1 Å². The van der Waals surface area contributed by atoms with E-state index in [2.05, 4.69) is 302 Å². The van der Waals surface area contributed by atoms with Crippen molar-refractivity contribution < 1.29 is 0 Å². The van der Waals surface area contributed by atoms with Crippen molar-refractivity contribution in [1.29, 1.82) is 0 Å². The van der Waals surface area contributed by atoms with Gasteiger partial charge in [-0.2, -0.15) is 0 Å². The third-order valence-corrected chi connectivity index (χ3v) is 24.9. The van der Waals surface area contributed by atoms with Crippen molar-refractivity contribution in [2.24, 2.45) is 0 Å². The summed E-state index contributed by atoms with van der Waals surface area (Å²) in [6.45, 7) is 0. The van der Waals surface area contributed by atoms with E-state index in [-0.39, 0.29) is 0 Å². The van der Waals surface area contributed by atoms with Gasteiger partial charge in [-0.25, -0.2) is 0 Å². The molecular weight excluding hydrogens is 1000 g/mol. The first-order chi connectivity index (χ1) is 40.7. The highest BCUT2D eigenvalue weighted by Gasteiger charge is 2.56. The maximum absolute atomic E-state index is 2.62. The van der Waals surface area contributed by atoms with Crippen LogP contribution in [0.4, 0.5) is 17.1 Å². The third kappa shape index (κ3) is 5.31. The summed E-state index contributed by atoms with van der Waals surface area (Å²) in [5.74, 6) is 0. The first kappa shape index (κ1) is 44.7. The summed E-state index contributed by atoms with van der Waals surface area (Å²) in [6.07, 6.45) is 0. The van der Waals surface area contributed by atoms with E-state index in [0.29, 0.717) is 0 Å². The topological polar surface area (TPSA) is 3.24 Å². The zero-order chi connectivity index (χ0) is 53.5. The monoisotopic (exact) mass is 1050 g/mol. The predicted molar refractivity (Wildman–Crippen MR) is 341 cm³/mol. The molecule has 0 radical (unpaired) electrons. The summed E-state index contributed by atoms with van der Waals surface area (Å²) >= 11 is 0. The van der Waals surface area contributed by atoms with Gasteiger partial charge in [0.05, 0.1) is 10.8 Å². The van der Waals surface area contributed by atoms with Gasteiger partial charge in [0.15, 0.2) is 8.07 Å². The van der Waals surface area contributed by atoms with Gasteiger partial charge >= 0.3 is 0 Å².